The third-order valence-electron chi connectivity index (χ3n) is 2.43. The van der Waals surface area contributed by atoms with Gasteiger partial charge in [-0.2, -0.15) is 0 Å². The van der Waals surface area contributed by atoms with Crippen molar-refractivity contribution in [3.05, 3.63) is 35.9 Å². The van der Waals surface area contributed by atoms with Gasteiger partial charge in [-0.3, -0.25) is 0 Å². The minimum atomic E-state index is 0.350. The molecule has 3 heteroatoms. The lowest BCUT2D eigenvalue weighted by Gasteiger charge is -2.23. The fourth-order valence-corrected chi connectivity index (χ4v) is 1.62. The van der Waals surface area contributed by atoms with Crippen LogP contribution in [0.25, 0.3) is 0 Å². The summed E-state index contributed by atoms with van der Waals surface area (Å²) in [5.41, 5.74) is 1.22. The summed E-state index contributed by atoms with van der Waals surface area (Å²) < 4.78 is 11.0. The molecule has 0 amide bonds. The molecule has 15 heavy (non-hydrogen) atoms. The lowest BCUT2D eigenvalue weighted by molar-refractivity contribution is 0.0242. The molecule has 1 aromatic carbocycles. The second-order valence-corrected chi connectivity index (χ2v) is 3.73. The van der Waals surface area contributed by atoms with Crippen molar-refractivity contribution in [1.82, 2.24) is 5.32 Å². The van der Waals surface area contributed by atoms with E-state index in [-0.39, 0.29) is 0 Å². The predicted molar refractivity (Wildman–Crippen MR) is 58.7 cm³/mol. The Kier molecular flexibility index (Phi) is 4.14. The molecule has 0 spiro atoms. The van der Waals surface area contributed by atoms with Gasteiger partial charge in [-0.15, -0.1) is 0 Å². The van der Waals surface area contributed by atoms with Gasteiger partial charge in [0.2, 0.25) is 0 Å². The van der Waals surface area contributed by atoms with Crippen LogP contribution in [-0.2, 0) is 16.1 Å². The molecule has 0 radical (unpaired) electrons. The molecule has 3 nitrogen and oxygen atoms in total. The van der Waals surface area contributed by atoms with E-state index in [1.165, 1.54) is 5.56 Å². The summed E-state index contributed by atoms with van der Waals surface area (Å²) >= 11 is 0. The normalized spacial score (nSPS) is 21.5. The Balaban J connectivity index is 1.66. The number of hydrogen-bond donors (Lipinski definition) is 1. The lowest BCUT2D eigenvalue weighted by Crippen LogP contribution is -2.44. The van der Waals surface area contributed by atoms with E-state index < -0.39 is 0 Å². The van der Waals surface area contributed by atoms with Gasteiger partial charge in [0.15, 0.2) is 0 Å². The lowest BCUT2D eigenvalue weighted by atomic mass is 10.2. The van der Waals surface area contributed by atoms with Gasteiger partial charge in [0.25, 0.3) is 0 Å². The Labute approximate surface area is 90.4 Å². The molecule has 1 fully saturated rings. The average molecular weight is 207 g/mol. The number of ether oxygens (including phenoxy) is 2. The molecule has 82 valence electrons. The van der Waals surface area contributed by atoms with Crippen molar-refractivity contribution < 1.29 is 9.47 Å². The fourth-order valence-electron chi connectivity index (χ4n) is 1.62. The number of rotatable bonds is 4. The van der Waals surface area contributed by atoms with Crippen molar-refractivity contribution >= 4 is 0 Å². The molecule has 1 aliphatic heterocycles. The van der Waals surface area contributed by atoms with Crippen LogP contribution < -0.4 is 5.32 Å². The molecule has 1 atom stereocenters. The second kappa shape index (κ2) is 5.85. The molecular weight excluding hydrogens is 190 g/mol. The van der Waals surface area contributed by atoms with Crippen molar-refractivity contribution in [2.24, 2.45) is 0 Å². The molecule has 0 bridgehead atoms. The molecular formula is C12H17NO2. The van der Waals surface area contributed by atoms with Crippen LogP contribution in [-0.4, -0.2) is 32.4 Å². The van der Waals surface area contributed by atoms with E-state index in [0.717, 1.165) is 26.4 Å². The van der Waals surface area contributed by atoms with E-state index >= 15 is 0 Å². The third kappa shape index (κ3) is 3.63. The number of hydrogen-bond acceptors (Lipinski definition) is 3. The quantitative estimate of drug-likeness (QED) is 0.804. The largest absolute Gasteiger partial charge is 0.378 e. The zero-order valence-electron chi connectivity index (χ0n) is 8.82. The highest BCUT2D eigenvalue weighted by molar-refractivity contribution is 5.13. The minimum Gasteiger partial charge on any atom is -0.378 e. The topological polar surface area (TPSA) is 30.5 Å². The summed E-state index contributed by atoms with van der Waals surface area (Å²) in [5, 5.41) is 3.36. The van der Waals surface area contributed by atoms with Gasteiger partial charge in [0.1, 0.15) is 0 Å². The standard InChI is InChI=1S/C12H17NO2/c1-2-4-11(5-3-1)8-15-10-12-9-14-7-6-13-12/h1-5,12-13H,6-10H2/t12-/m1/s1. The first-order chi connectivity index (χ1) is 7.45. The molecule has 0 aromatic heterocycles. The van der Waals surface area contributed by atoms with E-state index in [4.69, 9.17) is 9.47 Å². The SMILES string of the molecule is c1ccc(COC[C@H]2COCCN2)cc1. The van der Waals surface area contributed by atoms with Crippen LogP contribution in [0.5, 0.6) is 0 Å². The van der Waals surface area contributed by atoms with Gasteiger partial charge >= 0.3 is 0 Å². The Morgan fingerprint density at radius 2 is 2.20 bits per heavy atom. The van der Waals surface area contributed by atoms with Crippen LogP contribution in [0.15, 0.2) is 30.3 Å². The Morgan fingerprint density at radius 1 is 1.33 bits per heavy atom. The van der Waals surface area contributed by atoms with Crippen LogP contribution in [0.1, 0.15) is 5.56 Å². The van der Waals surface area contributed by atoms with Crippen molar-refractivity contribution in [3.8, 4) is 0 Å². The van der Waals surface area contributed by atoms with Gasteiger partial charge in [-0.1, -0.05) is 30.3 Å². The maximum atomic E-state index is 5.62. The molecule has 1 aliphatic rings. The summed E-state index contributed by atoms with van der Waals surface area (Å²) in [5.74, 6) is 0. The summed E-state index contributed by atoms with van der Waals surface area (Å²) in [6, 6.07) is 10.6. The van der Waals surface area contributed by atoms with E-state index in [2.05, 4.69) is 17.4 Å². The zero-order chi connectivity index (χ0) is 10.3. The highest BCUT2D eigenvalue weighted by atomic mass is 16.5. The van der Waals surface area contributed by atoms with Crippen LogP contribution in [0.4, 0.5) is 0 Å². The first-order valence-corrected chi connectivity index (χ1v) is 5.38. The molecule has 0 saturated carbocycles. The van der Waals surface area contributed by atoms with Gasteiger partial charge < -0.3 is 14.8 Å². The van der Waals surface area contributed by atoms with E-state index in [1.54, 1.807) is 0 Å². The highest BCUT2D eigenvalue weighted by Gasteiger charge is 2.12. The molecule has 1 heterocycles. The Morgan fingerprint density at radius 3 is 2.93 bits per heavy atom. The summed E-state index contributed by atoms with van der Waals surface area (Å²) in [4.78, 5) is 0. The van der Waals surface area contributed by atoms with E-state index in [9.17, 15) is 0 Å². The van der Waals surface area contributed by atoms with Gasteiger partial charge in [0.05, 0.1) is 32.5 Å². The fraction of sp³-hybridized carbons (Fsp3) is 0.500. The third-order valence-corrected chi connectivity index (χ3v) is 2.43. The zero-order valence-corrected chi connectivity index (χ0v) is 8.82. The average Bonchev–Trinajstić information content (AvgIpc) is 2.32. The molecule has 1 aromatic rings. The molecule has 1 saturated heterocycles. The van der Waals surface area contributed by atoms with E-state index in [0.29, 0.717) is 12.6 Å². The monoisotopic (exact) mass is 207 g/mol. The maximum Gasteiger partial charge on any atom is 0.0717 e. The summed E-state index contributed by atoms with van der Waals surface area (Å²) in [6.45, 7) is 3.90. The van der Waals surface area contributed by atoms with Gasteiger partial charge in [0, 0.05) is 6.54 Å². The summed E-state index contributed by atoms with van der Waals surface area (Å²) in [7, 11) is 0. The van der Waals surface area contributed by atoms with Crippen LogP contribution in [0.2, 0.25) is 0 Å². The first-order valence-electron chi connectivity index (χ1n) is 5.38. The second-order valence-electron chi connectivity index (χ2n) is 3.73. The molecule has 2 rings (SSSR count). The van der Waals surface area contributed by atoms with Crippen molar-refractivity contribution in [1.29, 1.82) is 0 Å². The van der Waals surface area contributed by atoms with Gasteiger partial charge in [-0.25, -0.2) is 0 Å². The van der Waals surface area contributed by atoms with Gasteiger partial charge in [-0.05, 0) is 5.56 Å². The number of morpholine rings is 1. The minimum absolute atomic E-state index is 0.350. The smallest absolute Gasteiger partial charge is 0.0717 e. The maximum absolute atomic E-state index is 5.62. The van der Waals surface area contributed by atoms with Crippen LogP contribution in [0.3, 0.4) is 0 Å². The molecule has 0 aliphatic carbocycles. The molecule has 0 unspecified atom stereocenters. The van der Waals surface area contributed by atoms with Crippen LogP contribution >= 0.6 is 0 Å². The first kappa shape index (κ1) is 10.6. The van der Waals surface area contributed by atoms with E-state index in [1.807, 2.05) is 18.2 Å². The van der Waals surface area contributed by atoms with Crippen LogP contribution in [0, 0.1) is 0 Å². The molecule has 1 N–H and O–H groups in total. The Hall–Kier alpha value is -0.900. The Bertz CT molecular complexity index is 270. The summed E-state index contributed by atoms with van der Waals surface area (Å²) in [6.07, 6.45) is 0. The number of nitrogens with one attached hydrogen (secondary N) is 1. The predicted octanol–water partition coefficient (Wildman–Crippen LogP) is 1.19. The highest BCUT2D eigenvalue weighted by Crippen LogP contribution is 2.02. The number of benzene rings is 1. The van der Waals surface area contributed by atoms with Crippen molar-refractivity contribution in [2.45, 2.75) is 12.6 Å². The van der Waals surface area contributed by atoms with Crippen molar-refractivity contribution in [2.75, 3.05) is 26.4 Å². The van der Waals surface area contributed by atoms with Crippen molar-refractivity contribution in [3.63, 3.8) is 0 Å².